The van der Waals surface area contributed by atoms with Crippen LogP contribution in [0.1, 0.15) is 22.9 Å². The molecule has 0 atom stereocenters. The molecule has 0 saturated heterocycles. The molecule has 0 bridgehead atoms. The molecular formula is C15H19N7OS. The Morgan fingerprint density at radius 3 is 2.79 bits per heavy atom. The highest BCUT2D eigenvalue weighted by molar-refractivity contribution is 7.13. The van der Waals surface area contributed by atoms with Crippen molar-refractivity contribution in [2.45, 2.75) is 26.8 Å². The summed E-state index contributed by atoms with van der Waals surface area (Å²) in [7, 11) is 3.88. The van der Waals surface area contributed by atoms with E-state index < -0.39 is 0 Å². The molecule has 9 heteroatoms. The van der Waals surface area contributed by atoms with Gasteiger partial charge in [0.15, 0.2) is 11.0 Å². The SMILES string of the molecule is Cc1cc(C)n2nc(CC(=O)NCc3csc(N(C)C)n3)nc2n1. The number of nitrogens with zero attached hydrogens (tertiary/aromatic N) is 6. The third-order valence-electron chi connectivity index (χ3n) is 3.37. The minimum atomic E-state index is -0.139. The summed E-state index contributed by atoms with van der Waals surface area (Å²) < 4.78 is 1.65. The van der Waals surface area contributed by atoms with Crippen molar-refractivity contribution < 1.29 is 4.79 Å². The lowest BCUT2D eigenvalue weighted by Gasteiger charge is -2.05. The van der Waals surface area contributed by atoms with Gasteiger partial charge in [-0.1, -0.05) is 0 Å². The Balaban J connectivity index is 1.63. The van der Waals surface area contributed by atoms with Gasteiger partial charge in [-0.15, -0.1) is 16.4 Å². The molecule has 0 aliphatic heterocycles. The van der Waals surface area contributed by atoms with Crippen molar-refractivity contribution in [2.24, 2.45) is 0 Å². The largest absolute Gasteiger partial charge is 0.354 e. The summed E-state index contributed by atoms with van der Waals surface area (Å²) in [6, 6.07) is 1.93. The van der Waals surface area contributed by atoms with E-state index in [1.165, 1.54) is 0 Å². The fourth-order valence-electron chi connectivity index (χ4n) is 2.26. The molecule has 3 aromatic rings. The lowest BCUT2D eigenvalue weighted by molar-refractivity contribution is -0.120. The van der Waals surface area contributed by atoms with Gasteiger partial charge in [-0.05, 0) is 19.9 Å². The number of amides is 1. The molecule has 3 rings (SSSR count). The van der Waals surface area contributed by atoms with Gasteiger partial charge in [0.2, 0.25) is 5.91 Å². The highest BCUT2D eigenvalue weighted by Crippen LogP contribution is 2.17. The van der Waals surface area contributed by atoms with Gasteiger partial charge in [0.25, 0.3) is 5.78 Å². The monoisotopic (exact) mass is 345 g/mol. The van der Waals surface area contributed by atoms with Gasteiger partial charge < -0.3 is 10.2 Å². The maximum Gasteiger partial charge on any atom is 0.252 e. The van der Waals surface area contributed by atoms with Crippen LogP contribution in [-0.2, 0) is 17.8 Å². The molecule has 0 spiro atoms. The minimum absolute atomic E-state index is 0.118. The van der Waals surface area contributed by atoms with E-state index in [9.17, 15) is 4.79 Å². The van der Waals surface area contributed by atoms with Gasteiger partial charge in [0, 0.05) is 30.9 Å². The first-order chi connectivity index (χ1) is 11.4. The zero-order valence-electron chi connectivity index (χ0n) is 14.1. The van der Waals surface area contributed by atoms with E-state index in [2.05, 4.69) is 25.4 Å². The Morgan fingerprint density at radius 2 is 2.08 bits per heavy atom. The molecule has 0 unspecified atom stereocenters. The molecule has 0 aliphatic rings. The van der Waals surface area contributed by atoms with Crippen LogP contribution in [-0.4, -0.2) is 44.6 Å². The Labute approximate surface area is 143 Å². The van der Waals surface area contributed by atoms with Gasteiger partial charge in [-0.25, -0.2) is 14.5 Å². The molecule has 0 aliphatic carbocycles. The smallest absolute Gasteiger partial charge is 0.252 e. The van der Waals surface area contributed by atoms with Crippen LogP contribution in [0.5, 0.6) is 0 Å². The average Bonchev–Trinajstić information content (AvgIpc) is 3.11. The number of carbonyl (C=O) groups is 1. The third kappa shape index (κ3) is 3.51. The maximum atomic E-state index is 12.1. The van der Waals surface area contributed by atoms with Crippen molar-refractivity contribution in [3.05, 3.63) is 34.4 Å². The van der Waals surface area contributed by atoms with Crippen molar-refractivity contribution in [3.63, 3.8) is 0 Å². The second-order valence-corrected chi connectivity index (χ2v) is 6.58. The summed E-state index contributed by atoms with van der Waals surface area (Å²) in [4.78, 5) is 27.1. The van der Waals surface area contributed by atoms with Crippen LogP contribution < -0.4 is 10.2 Å². The minimum Gasteiger partial charge on any atom is -0.354 e. The third-order valence-corrected chi connectivity index (χ3v) is 4.43. The molecule has 0 saturated carbocycles. The van der Waals surface area contributed by atoms with E-state index in [0.717, 1.165) is 22.2 Å². The first kappa shape index (κ1) is 16.3. The molecule has 1 N–H and O–H groups in total. The number of thiazole rings is 1. The van der Waals surface area contributed by atoms with E-state index in [4.69, 9.17) is 0 Å². The first-order valence-electron chi connectivity index (χ1n) is 7.50. The molecule has 3 heterocycles. The highest BCUT2D eigenvalue weighted by atomic mass is 32.1. The number of nitrogens with one attached hydrogen (secondary N) is 1. The van der Waals surface area contributed by atoms with Gasteiger partial charge in [0.1, 0.15) is 0 Å². The zero-order chi connectivity index (χ0) is 17.3. The fourth-order valence-corrected chi connectivity index (χ4v) is 3.02. The molecule has 1 amide bonds. The topological polar surface area (TPSA) is 88.3 Å². The number of carbonyl (C=O) groups excluding carboxylic acids is 1. The summed E-state index contributed by atoms with van der Waals surface area (Å²) in [6.07, 6.45) is 0.118. The molecule has 126 valence electrons. The Morgan fingerprint density at radius 1 is 1.29 bits per heavy atom. The predicted molar refractivity (Wildman–Crippen MR) is 92.2 cm³/mol. The van der Waals surface area contributed by atoms with Gasteiger partial charge in [-0.3, -0.25) is 4.79 Å². The molecular weight excluding hydrogens is 326 g/mol. The lowest BCUT2D eigenvalue weighted by Crippen LogP contribution is -2.25. The Hall–Kier alpha value is -2.55. The van der Waals surface area contributed by atoms with Crippen LogP contribution >= 0.6 is 11.3 Å². The van der Waals surface area contributed by atoms with Crippen molar-refractivity contribution in [2.75, 3.05) is 19.0 Å². The van der Waals surface area contributed by atoms with E-state index in [0.29, 0.717) is 18.1 Å². The molecule has 24 heavy (non-hydrogen) atoms. The molecule has 0 radical (unpaired) electrons. The number of hydrogen-bond donors (Lipinski definition) is 1. The quantitative estimate of drug-likeness (QED) is 0.745. The summed E-state index contributed by atoms with van der Waals surface area (Å²) >= 11 is 1.55. The number of aromatic nitrogens is 5. The van der Waals surface area contributed by atoms with Crippen molar-refractivity contribution in [1.29, 1.82) is 0 Å². The number of aryl methyl sites for hydroxylation is 2. The van der Waals surface area contributed by atoms with Crippen LogP contribution in [0.4, 0.5) is 5.13 Å². The average molecular weight is 345 g/mol. The van der Waals surface area contributed by atoms with E-state index in [1.807, 2.05) is 44.3 Å². The molecule has 3 aromatic heterocycles. The van der Waals surface area contributed by atoms with Crippen LogP contribution in [0.2, 0.25) is 0 Å². The fraction of sp³-hybridized carbons (Fsp3) is 0.400. The predicted octanol–water partition coefficient (Wildman–Crippen LogP) is 1.12. The van der Waals surface area contributed by atoms with Crippen LogP contribution in [0, 0.1) is 13.8 Å². The number of hydrogen-bond acceptors (Lipinski definition) is 7. The maximum absolute atomic E-state index is 12.1. The van der Waals surface area contributed by atoms with Crippen molar-refractivity contribution in [3.8, 4) is 0 Å². The summed E-state index contributed by atoms with van der Waals surface area (Å²) in [5.41, 5.74) is 2.66. The molecule has 0 aromatic carbocycles. The zero-order valence-corrected chi connectivity index (χ0v) is 14.9. The van der Waals surface area contributed by atoms with Gasteiger partial charge >= 0.3 is 0 Å². The first-order valence-corrected chi connectivity index (χ1v) is 8.38. The summed E-state index contributed by atoms with van der Waals surface area (Å²) in [5, 5.41) is 10.0. The summed E-state index contributed by atoms with van der Waals surface area (Å²) in [6.45, 7) is 4.24. The standard InChI is InChI=1S/C15H19N7OS/c1-9-5-10(2)22-14(17-9)19-12(20-22)6-13(23)16-7-11-8-24-15(18-11)21(3)4/h5,8H,6-7H2,1-4H3,(H,16,23). The van der Waals surface area contributed by atoms with Crippen molar-refractivity contribution in [1.82, 2.24) is 29.9 Å². The van der Waals surface area contributed by atoms with E-state index in [-0.39, 0.29) is 12.3 Å². The van der Waals surface area contributed by atoms with E-state index in [1.54, 1.807) is 15.9 Å². The van der Waals surface area contributed by atoms with Crippen LogP contribution in [0.15, 0.2) is 11.4 Å². The molecule has 0 fully saturated rings. The Bertz CT molecular complexity index is 883. The lowest BCUT2D eigenvalue weighted by atomic mass is 10.3. The molecule has 8 nitrogen and oxygen atoms in total. The van der Waals surface area contributed by atoms with Gasteiger partial charge in [0.05, 0.1) is 18.7 Å². The number of fused-ring (bicyclic) bond motifs is 1. The van der Waals surface area contributed by atoms with Gasteiger partial charge in [-0.2, -0.15) is 4.98 Å². The second kappa shape index (κ2) is 6.52. The van der Waals surface area contributed by atoms with Crippen LogP contribution in [0.25, 0.3) is 5.78 Å². The number of anilines is 1. The van der Waals surface area contributed by atoms with Crippen molar-refractivity contribution >= 4 is 28.2 Å². The summed E-state index contributed by atoms with van der Waals surface area (Å²) in [5.74, 6) is 0.839. The Kier molecular flexibility index (Phi) is 4.43. The highest BCUT2D eigenvalue weighted by Gasteiger charge is 2.12. The van der Waals surface area contributed by atoms with Crippen LogP contribution in [0.3, 0.4) is 0 Å². The van der Waals surface area contributed by atoms with E-state index >= 15 is 0 Å². The second-order valence-electron chi connectivity index (χ2n) is 5.75. The number of rotatable bonds is 5. The normalized spacial score (nSPS) is 11.0.